The summed E-state index contributed by atoms with van der Waals surface area (Å²) >= 11 is 0. The van der Waals surface area contributed by atoms with E-state index in [1.54, 1.807) is 13.8 Å². The minimum atomic E-state index is -0.393. The Bertz CT molecular complexity index is 484. The van der Waals surface area contributed by atoms with Crippen LogP contribution in [0, 0.1) is 5.41 Å². The third-order valence-corrected chi connectivity index (χ3v) is 3.22. The van der Waals surface area contributed by atoms with Crippen LogP contribution in [0.1, 0.15) is 48.0 Å². The van der Waals surface area contributed by atoms with Crippen LogP contribution in [-0.4, -0.2) is 64.8 Å². The highest BCUT2D eigenvalue weighted by atomic mass is 16.5. The molecule has 0 aromatic rings. The van der Waals surface area contributed by atoms with E-state index in [0.29, 0.717) is 50.8 Å². The van der Waals surface area contributed by atoms with Crippen LogP contribution >= 0.6 is 0 Å². The molecule has 7 nitrogen and oxygen atoms in total. The first-order valence-electron chi connectivity index (χ1n) is 10.1. The van der Waals surface area contributed by atoms with Gasteiger partial charge >= 0.3 is 11.9 Å². The van der Waals surface area contributed by atoms with Gasteiger partial charge in [-0.1, -0.05) is 33.9 Å². The lowest BCUT2D eigenvalue weighted by molar-refractivity contribution is -0.140. The van der Waals surface area contributed by atoms with Gasteiger partial charge in [0.05, 0.1) is 50.8 Å². The van der Waals surface area contributed by atoms with Gasteiger partial charge in [-0.05, 0) is 27.2 Å². The second-order valence-electron chi connectivity index (χ2n) is 6.99. The molecular weight excluding hydrogens is 376 g/mol. The van der Waals surface area contributed by atoms with E-state index in [9.17, 15) is 9.59 Å². The Hall–Kier alpha value is -1.70. The van der Waals surface area contributed by atoms with Crippen molar-refractivity contribution in [3.8, 4) is 0 Å². The van der Waals surface area contributed by atoms with Crippen molar-refractivity contribution < 1.29 is 33.3 Å². The molecular formula is C22H40O7. The maximum Gasteiger partial charge on any atom is 0.335 e. The molecule has 0 spiro atoms. The van der Waals surface area contributed by atoms with Gasteiger partial charge < -0.3 is 23.7 Å². The quantitative estimate of drug-likeness (QED) is 0.229. The lowest BCUT2D eigenvalue weighted by Gasteiger charge is -2.24. The maximum atomic E-state index is 11.2. The fourth-order valence-corrected chi connectivity index (χ4v) is 1.79. The predicted molar refractivity (Wildman–Crippen MR) is 114 cm³/mol. The molecule has 0 atom stereocenters. The molecule has 0 saturated carbocycles. The van der Waals surface area contributed by atoms with Crippen LogP contribution in [0.25, 0.3) is 0 Å². The van der Waals surface area contributed by atoms with Gasteiger partial charge in [0.15, 0.2) is 0 Å². The average Bonchev–Trinajstić information content (AvgIpc) is 2.67. The molecule has 0 aromatic carbocycles. The van der Waals surface area contributed by atoms with Crippen molar-refractivity contribution in [3.05, 3.63) is 24.3 Å². The summed E-state index contributed by atoms with van der Waals surface area (Å²) in [7, 11) is 0. The summed E-state index contributed by atoms with van der Waals surface area (Å²) in [4.78, 5) is 22.2. The third kappa shape index (κ3) is 18.1. The molecule has 29 heavy (non-hydrogen) atoms. The van der Waals surface area contributed by atoms with Crippen LogP contribution in [0.15, 0.2) is 24.3 Å². The average molecular weight is 417 g/mol. The zero-order chi connectivity index (χ0) is 22.7. The van der Waals surface area contributed by atoms with E-state index in [4.69, 9.17) is 23.7 Å². The molecule has 0 bridgehead atoms. The first-order chi connectivity index (χ1) is 13.6. The lowest BCUT2D eigenvalue weighted by Crippen LogP contribution is -2.26. The molecule has 0 heterocycles. The summed E-state index contributed by atoms with van der Waals surface area (Å²) < 4.78 is 25.4. The second-order valence-corrected chi connectivity index (χ2v) is 6.99. The number of ether oxygens (including phenoxy) is 5. The highest BCUT2D eigenvalue weighted by Gasteiger charge is 2.19. The van der Waals surface area contributed by atoms with E-state index in [1.165, 1.54) is 0 Å². The highest BCUT2D eigenvalue weighted by Crippen LogP contribution is 2.16. The maximum absolute atomic E-state index is 11.2. The normalized spacial score (nSPS) is 10.6. The van der Waals surface area contributed by atoms with Crippen molar-refractivity contribution >= 4 is 11.9 Å². The van der Waals surface area contributed by atoms with E-state index < -0.39 is 5.97 Å². The summed E-state index contributed by atoms with van der Waals surface area (Å²) in [5.41, 5.74) is 0.662. The first-order valence-corrected chi connectivity index (χ1v) is 10.1. The van der Waals surface area contributed by atoms with Crippen LogP contribution in [0.4, 0.5) is 0 Å². The molecule has 0 radical (unpaired) electrons. The molecule has 7 heteroatoms. The van der Waals surface area contributed by atoms with Gasteiger partial charge in [-0.25, -0.2) is 9.59 Å². The largest absolute Gasteiger partial charge is 0.463 e. The summed E-state index contributed by atoms with van der Waals surface area (Å²) in [6, 6.07) is 0. The van der Waals surface area contributed by atoms with Crippen LogP contribution in [0.5, 0.6) is 0 Å². The van der Waals surface area contributed by atoms with Crippen LogP contribution in [0.3, 0.4) is 0 Å². The fraction of sp³-hybridized carbons (Fsp3) is 0.727. The lowest BCUT2D eigenvalue weighted by atomic mass is 9.96. The summed E-state index contributed by atoms with van der Waals surface area (Å²) in [6.07, 6.45) is 0.941. The molecule has 0 fully saturated rings. The summed E-state index contributed by atoms with van der Waals surface area (Å²) in [5.74, 6) is -0.760. The van der Waals surface area contributed by atoms with Gasteiger partial charge in [-0.3, -0.25) is 0 Å². The van der Waals surface area contributed by atoms with Crippen molar-refractivity contribution in [2.75, 3.05) is 52.9 Å². The molecule has 0 aliphatic heterocycles. The third-order valence-electron chi connectivity index (χ3n) is 3.22. The van der Waals surface area contributed by atoms with E-state index in [-0.39, 0.29) is 24.6 Å². The second kappa shape index (κ2) is 18.3. The standard InChI is InChI=1S/C13H24O4.C9H16O3/c1-6-15-9-13(4,5)10-16-8-11(3)12(14)17-7-2;1-4-6-11-7-8(3)9(10)12-5-2/h3,6-10H2,1-2,4-5H3;3-7H2,1-2H3. The van der Waals surface area contributed by atoms with E-state index in [1.807, 2.05) is 13.8 Å². The number of carbonyl (C=O) groups excluding carboxylic acids is 2. The fourth-order valence-electron chi connectivity index (χ4n) is 1.79. The Balaban J connectivity index is 0. The minimum Gasteiger partial charge on any atom is -0.463 e. The van der Waals surface area contributed by atoms with Crippen molar-refractivity contribution in [3.63, 3.8) is 0 Å². The van der Waals surface area contributed by atoms with Gasteiger partial charge in [0.1, 0.15) is 0 Å². The number of hydrogen-bond donors (Lipinski definition) is 0. The van der Waals surface area contributed by atoms with Crippen molar-refractivity contribution in [2.24, 2.45) is 5.41 Å². The first kappa shape index (κ1) is 29.5. The Morgan fingerprint density at radius 3 is 1.59 bits per heavy atom. The number of carbonyl (C=O) groups is 2. The van der Waals surface area contributed by atoms with Crippen LogP contribution in [-0.2, 0) is 33.3 Å². The van der Waals surface area contributed by atoms with Crippen LogP contribution in [0.2, 0.25) is 0 Å². The number of esters is 2. The zero-order valence-corrected chi connectivity index (χ0v) is 19.1. The molecule has 0 unspecified atom stereocenters. The number of rotatable bonds is 15. The predicted octanol–water partition coefficient (Wildman–Crippen LogP) is 3.72. The monoisotopic (exact) mass is 416 g/mol. The molecule has 0 amide bonds. The van der Waals surface area contributed by atoms with Crippen molar-refractivity contribution in [1.29, 1.82) is 0 Å². The molecule has 0 saturated heterocycles. The smallest absolute Gasteiger partial charge is 0.335 e. The Kier molecular flexibility index (Phi) is 18.7. The van der Waals surface area contributed by atoms with Gasteiger partial charge in [0, 0.05) is 18.6 Å². The highest BCUT2D eigenvalue weighted by molar-refractivity contribution is 5.88. The molecule has 0 rings (SSSR count). The van der Waals surface area contributed by atoms with E-state index in [0.717, 1.165) is 6.42 Å². The van der Waals surface area contributed by atoms with E-state index in [2.05, 4.69) is 27.0 Å². The van der Waals surface area contributed by atoms with Crippen molar-refractivity contribution in [2.45, 2.75) is 48.0 Å². The van der Waals surface area contributed by atoms with Crippen molar-refractivity contribution in [1.82, 2.24) is 0 Å². The summed E-state index contributed by atoms with van der Waals surface area (Å²) in [5, 5.41) is 0. The van der Waals surface area contributed by atoms with Gasteiger partial charge in [-0.15, -0.1) is 0 Å². The molecule has 0 N–H and O–H groups in total. The minimum absolute atomic E-state index is 0.0645. The van der Waals surface area contributed by atoms with Gasteiger partial charge in [0.25, 0.3) is 0 Å². The number of hydrogen-bond acceptors (Lipinski definition) is 7. The summed E-state index contributed by atoms with van der Waals surface area (Å²) in [6.45, 7) is 22.5. The topological polar surface area (TPSA) is 80.3 Å². The van der Waals surface area contributed by atoms with Crippen LogP contribution < -0.4 is 0 Å². The molecule has 0 aromatic heterocycles. The Labute approximate surface area is 176 Å². The zero-order valence-electron chi connectivity index (χ0n) is 19.1. The molecule has 170 valence electrons. The molecule has 0 aliphatic carbocycles. The van der Waals surface area contributed by atoms with Gasteiger partial charge in [0.2, 0.25) is 0 Å². The SMILES string of the molecule is C=C(COCC(C)(C)COCC)C(=O)OCC.C=C(COCCC)C(=O)OCC. The Morgan fingerprint density at radius 1 is 0.724 bits per heavy atom. The van der Waals surface area contributed by atoms with E-state index >= 15 is 0 Å². The van der Waals surface area contributed by atoms with Gasteiger partial charge in [-0.2, -0.15) is 0 Å². The Morgan fingerprint density at radius 2 is 1.17 bits per heavy atom. The molecule has 0 aliphatic rings.